The highest BCUT2D eigenvalue weighted by Crippen LogP contribution is 2.20. The highest BCUT2D eigenvalue weighted by Gasteiger charge is 2.08. The fourth-order valence-corrected chi connectivity index (χ4v) is 2.11. The lowest BCUT2D eigenvalue weighted by atomic mass is 10.1. The number of nitrogens with two attached hydrogens (primary N) is 1. The van der Waals surface area contributed by atoms with Crippen molar-refractivity contribution in [3.63, 3.8) is 0 Å². The van der Waals surface area contributed by atoms with E-state index in [1.807, 2.05) is 18.2 Å². The molecule has 0 aliphatic rings. The number of carbonyl (C=O) groups excluding carboxylic acids is 1. The Hall–Kier alpha value is -2.49. The zero-order valence-electron chi connectivity index (χ0n) is 12.1. The summed E-state index contributed by atoms with van der Waals surface area (Å²) in [6.45, 7) is 0.795. The molecule has 0 aliphatic carbocycles. The van der Waals surface area contributed by atoms with Gasteiger partial charge in [0.1, 0.15) is 0 Å². The summed E-state index contributed by atoms with van der Waals surface area (Å²) in [6.07, 6.45) is 2.00. The molecule has 21 heavy (non-hydrogen) atoms. The van der Waals surface area contributed by atoms with Crippen molar-refractivity contribution < 1.29 is 9.53 Å². The van der Waals surface area contributed by atoms with Crippen molar-refractivity contribution in [2.75, 3.05) is 24.7 Å². The van der Waals surface area contributed by atoms with Crippen LogP contribution < -0.4 is 11.1 Å². The van der Waals surface area contributed by atoms with Crippen molar-refractivity contribution in [1.82, 2.24) is 0 Å². The van der Waals surface area contributed by atoms with Gasteiger partial charge in [-0.2, -0.15) is 0 Å². The molecule has 0 saturated carbocycles. The number of nitrogens with one attached hydrogen (secondary N) is 1. The van der Waals surface area contributed by atoms with E-state index in [1.54, 1.807) is 18.2 Å². The van der Waals surface area contributed by atoms with E-state index in [4.69, 9.17) is 10.5 Å². The molecule has 3 N–H and O–H groups in total. The Labute approximate surface area is 124 Å². The molecule has 2 aromatic rings. The molecule has 2 rings (SSSR count). The molecule has 0 atom stereocenters. The van der Waals surface area contributed by atoms with Gasteiger partial charge >= 0.3 is 5.97 Å². The first-order chi connectivity index (χ1) is 10.2. The van der Waals surface area contributed by atoms with E-state index in [9.17, 15) is 4.79 Å². The van der Waals surface area contributed by atoms with E-state index in [-0.39, 0.29) is 5.97 Å². The zero-order valence-corrected chi connectivity index (χ0v) is 12.1. The largest absolute Gasteiger partial charge is 0.465 e. The van der Waals surface area contributed by atoms with Crippen molar-refractivity contribution in [3.8, 4) is 0 Å². The molecule has 2 aromatic carbocycles. The predicted molar refractivity (Wildman–Crippen MR) is 85.4 cm³/mol. The molecule has 0 heterocycles. The van der Waals surface area contributed by atoms with Crippen LogP contribution in [0.3, 0.4) is 0 Å². The molecule has 0 unspecified atom stereocenters. The van der Waals surface area contributed by atoms with Crippen LogP contribution in [0.4, 0.5) is 11.4 Å². The number of nitrogen functional groups attached to an aromatic ring is 1. The number of ether oxygens (including phenoxy) is 1. The van der Waals surface area contributed by atoms with Crippen LogP contribution in [0.5, 0.6) is 0 Å². The first kappa shape index (κ1) is 14.9. The van der Waals surface area contributed by atoms with E-state index < -0.39 is 0 Å². The quantitative estimate of drug-likeness (QED) is 0.486. The molecule has 110 valence electrons. The molecule has 0 amide bonds. The summed E-state index contributed by atoms with van der Waals surface area (Å²) >= 11 is 0. The number of rotatable bonds is 6. The fourth-order valence-electron chi connectivity index (χ4n) is 2.11. The molecule has 0 aromatic heterocycles. The van der Waals surface area contributed by atoms with Crippen molar-refractivity contribution in [2.45, 2.75) is 12.8 Å². The predicted octanol–water partition coefficient (Wildman–Crippen LogP) is 3.10. The first-order valence-corrected chi connectivity index (χ1v) is 6.96. The number of methoxy groups -OCH3 is 1. The molecule has 0 radical (unpaired) electrons. The maximum Gasteiger partial charge on any atom is 0.337 e. The van der Waals surface area contributed by atoms with Crippen LogP contribution in [0.2, 0.25) is 0 Å². The Bertz CT molecular complexity index is 597. The molecular formula is C17H20N2O2. The number of aryl methyl sites for hydroxylation is 1. The van der Waals surface area contributed by atoms with Crippen LogP contribution >= 0.6 is 0 Å². The van der Waals surface area contributed by atoms with Crippen molar-refractivity contribution in [2.24, 2.45) is 0 Å². The molecule has 0 spiro atoms. The van der Waals surface area contributed by atoms with Gasteiger partial charge in [-0.25, -0.2) is 4.79 Å². The molecule has 4 heteroatoms. The van der Waals surface area contributed by atoms with Crippen molar-refractivity contribution >= 4 is 17.3 Å². The Kier molecular flexibility index (Phi) is 5.21. The summed E-state index contributed by atoms with van der Waals surface area (Å²) in [7, 11) is 1.37. The van der Waals surface area contributed by atoms with Crippen molar-refractivity contribution in [1.29, 1.82) is 0 Å². The molecule has 0 bridgehead atoms. The van der Waals surface area contributed by atoms with Crippen LogP contribution in [-0.4, -0.2) is 19.6 Å². The summed E-state index contributed by atoms with van der Waals surface area (Å²) < 4.78 is 4.71. The van der Waals surface area contributed by atoms with E-state index in [2.05, 4.69) is 17.4 Å². The van der Waals surface area contributed by atoms with Gasteiger partial charge < -0.3 is 15.8 Å². The molecule has 0 aliphatic heterocycles. The van der Waals surface area contributed by atoms with Crippen LogP contribution in [0, 0.1) is 0 Å². The van der Waals surface area contributed by atoms with E-state index in [1.165, 1.54) is 12.7 Å². The second kappa shape index (κ2) is 7.33. The van der Waals surface area contributed by atoms with Crippen LogP contribution in [0.1, 0.15) is 22.3 Å². The monoisotopic (exact) mass is 284 g/mol. The lowest BCUT2D eigenvalue weighted by molar-refractivity contribution is 0.0601. The van der Waals surface area contributed by atoms with Gasteiger partial charge in [0, 0.05) is 6.54 Å². The van der Waals surface area contributed by atoms with Gasteiger partial charge in [-0.15, -0.1) is 0 Å². The minimum atomic E-state index is -0.359. The third kappa shape index (κ3) is 4.24. The second-order valence-electron chi connectivity index (χ2n) is 4.81. The minimum absolute atomic E-state index is 0.359. The highest BCUT2D eigenvalue weighted by molar-refractivity contribution is 5.91. The summed E-state index contributed by atoms with van der Waals surface area (Å²) in [4.78, 5) is 11.5. The first-order valence-electron chi connectivity index (χ1n) is 6.96. The van der Waals surface area contributed by atoms with Gasteiger partial charge in [-0.05, 0) is 36.6 Å². The summed E-state index contributed by atoms with van der Waals surface area (Å²) in [6, 6.07) is 15.4. The summed E-state index contributed by atoms with van der Waals surface area (Å²) in [5, 5.41) is 3.27. The van der Waals surface area contributed by atoms with Gasteiger partial charge in [0.2, 0.25) is 0 Å². The maximum atomic E-state index is 11.5. The molecule has 0 saturated heterocycles. The number of anilines is 2. The minimum Gasteiger partial charge on any atom is -0.465 e. The smallest absolute Gasteiger partial charge is 0.337 e. The van der Waals surface area contributed by atoms with Crippen LogP contribution in [0.25, 0.3) is 0 Å². The van der Waals surface area contributed by atoms with Gasteiger partial charge in [-0.1, -0.05) is 30.3 Å². The Morgan fingerprint density at radius 2 is 1.95 bits per heavy atom. The molecular weight excluding hydrogens is 264 g/mol. The number of benzene rings is 2. The summed E-state index contributed by atoms with van der Waals surface area (Å²) in [5.41, 5.74) is 9.12. The van der Waals surface area contributed by atoms with E-state index in [0.717, 1.165) is 25.1 Å². The van der Waals surface area contributed by atoms with E-state index in [0.29, 0.717) is 11.3 Å². The fraction of sp³-hybridized carbons (Fsp3) is 0.235. The topological polar surface area (TPSA) is 64.3 Å². The lowest BCUT2D eigenvalue weighted by Gasteiger charge is -2.10. The molecule has 0 fully saturated rings. The van der Waals surface area contributed by atoms with Crippen LogP contribution in [0.15, 0.2) is 48.5 Å². The van der Waals surface area contributed by atoms with Crippen molar-refractivity contribution in [3.05, 3.63) is 59.7 Å². The number of hydrogen-bond donors (Lipinski definition) is 2. The standard InChI is InChI=1S/C17H20N2O2/c1-21-17(20)14-9-10-15(18)16(12-14)19-11-5-8-13-6-3-2-4-7-13/h2-4,6-7,9-10,12,19H,5,8,11,18H2,1H3. The zero-order chi connectivity index (χ0) is 15.1. The lowest BCUT2D eigenvalue weighted by Crippen LogP contribution is -2.08. The maximum absolute atomic E-state index is 11.5. The third-order valence-corrected chi connectivity index (χ3v) is 3.27. The van der Waals surface area contributed by atoms with Gasteiger partial charge in [0.05, 0.1) is 24.0 Å². The number of esters is 1. The number of hydrogen-bond acceptors (Lipinski definition) is 4. The van der Waals surface area contributed by atoms with E-state index >= 15 is 0 Å². The summed E-state index contributed by atoms with van der Waals surface area (Å²) in [5.74, 6) is -0.359. The van der Waals surface area contributed by atoms with Gasteiger partial charge in [-0.3, -0.25) is 0 Å². The Balaban J connectivity index is 1.89. The SMILES string of the molecule is COC(=O)c1ccc(N)c(NCCCc2ccccc2)c1. The van der Waals surface area contributed by atoms with Gasteiger partial charge in [0.15, 0.2) is 0 Å². The Morgan fingerprint density at radius 1 is 1.19 bits per heavy atom. The third-order valence-electron chi connectivity index (χ3n) is 3.27. The highest BCUT2D eigenvalue weighted by atomic mass is 16.5. The Morgan fingerprint density at radius 3 is 2.67 bits per heavy atom. The number of carbonyl (C=O) groups is 1. The normalized spacial score (nSPS) is 10.1. The average Bonchev–Trinajstić information content (AvgIpc) is 2.53. The van der Waals surface area contributed by atoms with Gasteiger partial charge in [0.25, 0.3) is 0 Å². The second-order valence-corrected chi connectivity index (χ2v) is 4.81. The average molecular weight is 284 g/mol. The van der Waals surface area contributed by atoms with Crippen LogP contribution in [-0.2, 0) is 11.2 Å². The molecule has 4 nitrogen and oxygen atoms in total.